The first kappa shape index (κ1) is 29.8. The minimum absolute atomic E-state index is 0.0209. The third-order valence-corrected chi connectivity index (χ3v) is 8.36. The van der Waals surface area contributed by atoms with Gasteiger partial charge in [-0.05, 0) is 56.4 Å². The Morgan fingerprint density at radius 2 is 1.82 bits per heavy atom. The van der Waals surface area contributed by atoms with Crippen molar-refractivity contribution in [2.24, 2.45) is 4.99 Å². The van der Waals surface area contributed by atoms with Crippen LogP contribution in [0.1, 0.15) is 48.9 Å². The van der Waals surface area contributed by atoms with Crippen LogP contribution in [0.2, 0.25) is 0 Å². The summed E-state index contributed by atoms with van der Waals surface area (Å²) in [6.45, 7) is 1.15. The molecule has 0 radical (unpaired) electrons. The van der Waals surface area contributed by atoms with E-state index in [9.17, 15) is 31.5 Å². The maximum atomic E-state index is 13.2. The van der Waals surface area contributed by atoms with Crippen molar-refractivity contribution in [3.8, 4) is 0 Å². The highest BCUT2D eigenvalue weighted by atomic mass is 32.2. The number of benzene rings is 1. The van der Waals surface area contributed by atoms with Gasteiger partial charge in [-0.1, -0.05) is 0 Å². The molecule has 1 saturated heterocycles. The highest BCUT2D eigenvalue weighted by Gasteiger charge is 2.27. The van der Waals surface area contributed by atoms with Crippen LogP contribution in [-0.2, 0) is 14.8 Å². The van der Waals surface area contributed by atoms with Gasteiger partial charge in [-0.15, -0.1) is 0 Å². The molecular weight excluding hydrogens is 553 g/mol. The summed E-state index contributed by atoms with van der Waals surface area (Å²) < 4.78 is 69.6. The van der Waals surface area contributed by atoms with Gasteiger partial charge in [0.1, 0.15) is 5.56 Å². The Labute approximate surface area is 229 Å². The minimum atomic E-state index is -4.27. The zero-order chi connectivity index (χ0) is 28.8. The number of hydrogen-bond acceptors (Lipinski definition) is 9. The van der Waals surface area contributed by atoms with E-state index in [2.05, 4.69) is 25.6 Å². The predicted molar refractivity (Wildman–Crippen MR) is 141 cm³/mol. The van der Waals surface area contributed by atoms with Gasteiger partial charge < -0.3 is 20.5 Å². The summed E-state index contributed by atoms with van der Waals surface area (Å²) in [4.78, 5) is 26.1. The van der Waals surface area contributed by atoms with Crippen molar-refractivity contribution in [2.75, 3.05) is 43.5 Å². The van der Waals surface area contributed by atoms with Gasteiger partial charge in [0, 0.05) is 43.7 Å². The topological polar surface area (TPSA) is 146 Å². The van der Waals surface area contributed by atoms with Gasteiger partial charge in [-0.2, -0.15) is 22.5 Å². The van der Waals surface area contributed by atoms with Gasteiger partial charge in [0.25, 0.3) is 5.91 Å². The van der Waals surface area contributed by atoms with Gasteiger partial charge >= 0.3 is 6.18 Å². The number of aliphatic hydroxyl groups is 1. The van der Waals surface area contributed by atoms with Crippen LogP contribution in [0.25, 0.3) is 0 Å². The summed E-state index contributed by atoms with van der Waals surface area (Å²) in [7, 11) is -3.69. The number of aliphatic imine (C=N–C) groups is 1. The molecule has 1 amide bonds. The molecule has 2 fully saturated rings. The molecule has 1 saturated carbocycles. The first-order valence-electron chi connectivity index (χ1n) is 12.9. The molecule has 4 rings (SSSR count). The van der Waals surface area contributed by atoms with E-state index in [4.69, 9.17) is 4.74 Å². The van der Waals surface area contributed by atoms with E-state index in [0.717, 1.165) is 5.71 Å². The monoisotopic (exact) mass is 584 g/mol. The van der Waals surface area contributed by atoms with E-state index in [1.54, 1.807) is 0 Å². The Morgan fingerprint density at radius 1 is 1.15 bits per heavy atom. The average Bonchev–Trinajstić information content (AvgIpc) is 2.93. The molecule has 2 heterocycles. The lowest BCUT2D eigenvalue weighted by Gasteiger charge is -2.26. The third kappa shape index (κ3) is 8.19. The lowest BCUT2D eigenvalue weighted by molar-refractivity contribution is -0.134. The molecule has 3 N–H and O–H groups in total. The van der Waals surface area contributed by atoms with E-state index < -0.39 is 34.6 Å². The summed E-state index contributed by atoms with van der Waals surface area (Å²) in [5, 5.41) is 15.2. The number of alkyl halides is 3. The molecule has 1 aliphatic heterocycles. The van der Waals surface area contributed by atoms with Crippen LogP contribution < -0.4 is 10.6 Å². The number of aliphatic hydroxyl groups excluding tert-OH is 1. The largest absolute Gasteiger partial charge is 0.393 e. The first-order valence-corrected chi connectivity index (χ1v) is 14.4. The van der Waals surface area contributed by atoms with Crippen LogP contribution >= 0.6 is 0 Å². The molecule has 1 aromatic carbocycles. The standard InChI is InChI=1S/C25H31F3N6O5S/c26-25(27,28)10-1-11-29-24-30-16-21(22(33-24)31-17-2-6-19(35)7-3-17)23(36)32-18-4-8-20(9-5-18)40(37,38)34-12-14-39-15-13-34/h4-5,8-9,16,19,35H,1-3,6-7,10-15H2,(H,32,36)(H,29,30,33). The van der Waals surface area contributed by atoms with Gasteiger partial charge in [0.15, 0.2) is 5.82 Å². The second-order valence-corrected chi connectivity index (χ2v) is 11.4. The number of rotatable bonds is 9. The number of sulfonamides is 1. The summed E-state index contributed by atoms with van der Waals surface area (Å²) >= 11 is 0. The molecule has 15 heteroatoms. The Balaban J connectivity index is 1.49. The van der Waals surface area contributed by atoms with Crippen molar-refractivity contribution in [1.29, 1.82) is 0 Å². The highest BCUT2D eigenvalue weighted by molar-refractivity contribution is 7.89. The molecule has 0 unspecified atom stereocenters. The van der Waals surface area contributed by atoms with Crippen molar-refractivity contribution in [1.82, 2.24) is 14.3 Å². The van der Waals surface area contributed by atoms with Crippen LogP contribution in [0, 0.1) is 0 Å². The van der Waals surface area contributed by atoms with Crippen LogP contribution in [0.3, 0.4) is 0 Å². The number of nitrogens with zero attached hydrogens (tertiary/aromatic N) is 4. The Hall–Kier alpha value is -3.14. The van der Waals surface area contributed by atoms with Crippen molar-refractivity contribution in [3.05, 3.63) is 36.0 Å². The smallest absolute Gasteiger partial charge is 0.389 e. The Bertz CT molecular complexity index is 1310. The molecule has 11 nitrogen and oxygen atoms in total. The quantitative estimate of drug-likeness (QED) is 0.380. The molecule has 0 spiro atoms. The van der Waals surface area contributed by atoms with Crippen molar-refractivity contribution in [3.63, 3.8) is 0 Å². The summed E-state index contributed by atoms with van der Waals surface area (Å²) in [6, 6.07) is 5.74. The van der Waals surface area contributed by atoms with Gasteiger partial charge in [-0.3, -0.25) is 4.79 Å². The summed E-state index contributed by atoms with van der Waals surface area (Å²) in [5.41, 5.74) is 1.10. The molecule has 40 heavy (non-hydrogen) atoms. The van der Waals surface area contributed by atoms with E-state index in [1.807, 2.05) is 0 Å². The lowest BCUT2D eigenvalue weighted by Crippen LogP contribution is -2.40. The van der Waals surface area contributed by atoms with Gasteiger partial charge in [0.2, 0.25) is 16.0 Å². The summed E-state index contributed by atoms with van der Waals surface area (Å²) in [5.74, 6) is -0.516. The predicted octanol–water partition coefficient (Wildman–Crippen LogP) is 3.51. The van der Waals surface area contributed by atoms with Crippen molar-refractivity contribution >= 4 is 39.1 Å². The lowest BCUT2D eigenvalue weighted by atomic mass is 9.96. The molecule has 218 valence electrons. The fraction of sp³-hybridized carbons (Fsp3) is 0.520. The minimum Gasteiger partial charge on any atom is -0.393 e. The third-order valence-electron chi connectivity index (χ3n) is 6.45. The number of halogens is 3. The van der Waals surface area contributed by atoms with E-state index >= 15 is 0 Å². The number of ether oxygens (including phenoxy) is 1. The van der Waals surface area contributed by atoms with Crippen LogP contribution in [0.5, 0.6) is 0 Å². The number of aromatic nitrogens is 2. The van der Waals surface area contributed by atoms with Crippen molar-refractivity contribution in [2.45, 2.75) is 55.7 Å². The number of carbonyl (C=O) groups is 1. The molecule has 1 aromatic heterocycles. The molecule has 2 aliphatic rings. The average molecular weight is 585 g/mol. The zero-order valence-corrected chi connectivity index (χ0v) is 22.5. The molecule has 0 bridgehead atoms. The van der Waals surface area contributed by atoms with Crippen LogP contribution in [0.15, 0.2) is 40.4 Å². The molecular formula is C25H31F3N6O5S. The second kappa shape index (κ2) is 13.0. The maximum Gasteiger partial charge on any atom is 0.389 e. The second-order valence-electron chi connectivity index (χ2n) is 9.48. The number of nitrogens with one attached hydrogen (secondary N) is 2. The van der Waals surface area contributed by atoms with Gasteiger partial charge in [0.05, 0.1) is 24.2 Å². The highest BCUT2D eigenvalue weighted by Crippen LogP contribution is 2.25. The van der Waals surface area contributed by atoms with E-state index in [0.29, 0.717) is 44.6 Å². The maximum absolute atomic E-state index is 13.2. The number of anilines is 2. The molecule has 1 aliphatic carbocycles. The molecule has 2 aromatic rings. The number of morpholine rings is 1. The van der Waals surface area contributed by atoms with Crippen LogP contribution in [-0.4, -0.2) is 84.5 Å². The van der Waals surface area contributed by atoms with Crippen LogP contribution in [0.4, 0.5) is 30.6 Å². The number of carbonyl (C=O) groups excluding carboxylic acids is 1. The number of hydrogen-bond donors (Lipinski definition) is 3. The van der Waals surface area contributed by atoms with E-state index in [-0.39, 0.29) is 48.3 Å². The van der Waals surface area contributed by atoms with Gasteiger partial charge in [-0.25, -0.2) is 18.4 Å². The Morgan fingerprint density at radius 3 is 2.48 bits per heavy atom. The Kier molecular flexibility index (Phi) is 9.71. The van der Waals surface area contributed by atoms with Crippen molar-refractivity contribution < 1.29 is 36.2 Å². The SMILES string of the molecule is O=C(Nc1ccc(S(=O)(=O)N2CCOCC2)cc1)c1cnc(NCCCC(F)(F)F)nc1N=C1CCC(O)CC1. The first-order chi connectivity index (χ1) is 19.0. The zero-order valence-electron chi connectivity index (χ0n) is 21.7. The fourth-order valence-corrected chi connectivity index (χ4v) is 5.64. The van der Waals surface area contributed by atoms with E-state index in [1.165, 1.54) is 34.8 Å². The fourth-order valence-electron chi connectivity index (χ4n) is 4.23. The molecule has 0 atom stereocenters. The normalized spacial score (nSPS) is 18.8. The number of amides is 1. The summed E-state index contributed by atoms with van der Waals surface area (Å²) in [6.07, 6.45) is -2.51.